The molecule has 1 aliphatic rings. The standard InChI is InChI=1S/C18H13N3O4S2/c1-11-4-2-3-5-14(11)16(22)19-20-17(23)15(27-18(20)26)10-12-6-8-13(9-7-12)21(24)25/h2-10H,1H3,(H,19,22)/b15-10-. The van der Waals surface area contributed by atoms with Crippen molar-refractivity contribution < 1.29 is 14.5 Å². The van der Waals surface area contributed by atoms with Crippen LogP contribution in [0.5, 0.6) is 0 Å². The van der Waals surface area contributed by atoms with Gasteiger partial charge in [0, 0.05) is 17.7 Å². The van der Waals surface area contributed by atoms with Gasteiger partial charge in [-0.3, -0.25) is 25.1 Å². The summed E-state index contributed by atoms with van der Waals surface area (Å²) in [5.41, 5.74) is 4.34. The number of carbonyl (C=O) groups is 2. The monoisotopic (exact) mass is 399 g/mol. The molecule has 2 aromatic rings. The average molecular weight is 399 g/mol. The van der Waals surface area contributed by atoms with Gasteiger partial charge in [0.1, 0.15) is 0 Å². The molecule has 1 N–H and O–H groups in total. The molecule has 1 fully saturated rings. The number of benzene rings is 2. The number of amides is 2. The Hall–Kier alpha value is -3.04. The fourth-order valence-corrected chi connectivity index (χ4v) is 3.58. The second-order valence-corrected chi connectivity index (χ2v) is 7.30. The van der Waals surface area contributed by atoms with Crippen LogP contribution >= 0.6 is 24.0 Å². The number of aryl methyl sites for hydroxylation is 1. The largest absolute Gasteiger partial charge is 0.285 e. The SMILES string of the molecule is Cc1ccccc1C(=O)NN1C(=O)/C(=C/c2ccc([N+](=O)[O-])cc2)SC1=S. The summed E-state index contributed by atoms with van der Waals surface area (Å²) in [7, 11) is 0. The lowest BCUT2D eigenvalue weighted by Crippen LogP contribution is -2.45. The summed E-state index contributed by atoms with van der Waals surface area (Å²) in [5, 5.41) is 11.7. The molecule has 2 aromatic carbocycles. The summed E-state index contributed by atoms with van der Waals surface area (Å²) >= 11 is 6.24. The van der Waals surface area contributed by atoms with Gasteiger partial charge in [0.05, 0.1) is 9.83 Å². The first-order valence-corrected chi connectivity index (χ1v) is 8.98. The highest BCUT2D eigenvalue weighted by Gasteiger charge is 2.34. The average Bonchev–Trinajstić information content (AvgIpc) is 2.90. The van der Waals surface area contributed by atoms with Crippen LogP contribution < -0.4 is 5.43 Å². The van der Waals surface area contributed by atoms with Crippen LogP contribution in [0.3, 0.4) is 0 Å². The molecular formula is C18H13N3O4S2. The van der Waals surface area contributed by atoms with E-state index in [2.05, 4.69) is 5.43 Å². The van der Waals surface area contributed by atoms with Gasteiger partial charge >= 0.3 is 0 Å². The lowest BCUT2D eigenvalue weighted by Gasteiger charge is -2.16. The van der Waals surface area contributed by atoms with Crippen LogP contribution in [0.4, 0.5) is 5.69 Å². The molecule has 0 unspecified atom stereocenters. The van der Waals surface area contributed by atoms with Crippen LogP contribution in [0.15, 0.2) is 53.4 Å². The third-order valence-electron chi connectivity index (χ3n) is 3.80. The van der Waals surface area contributed by atoms with Crippen molar-refractivity contribution in [2.45, 2.75) is 6.92 Å². The Morgan fingerprint density at radius 2 is 1.89 bits per heavy atom. The van der Waals surface area contributed by atoms with Crippen molar-refractivity contribution in [1.29, 1.82) is 0 Å². The van der Waals surface area contributed by atoms with Gasteiger partial charge in [-0.25, -0.2) is 0 Å². The maximum absolute atomic E-state index is 12.6. The van der Waals surface area contributed by atoms with Crippen molar-refractivity contribution in [2.75, 3.05) is 0 Å². The summed E-state index contributed by atoms with van der Waals surface area (Å²) in [6.45, 7) is 1.80. The van der Waals surface area contributed by atoms with Crippen LogP contribution in [0.1, 0.15) is 21.5 Å². The van der Waals surface area contributed by atoms with Gasteiger partial charge < -0.3 is 0 Å². The zero-order valence-corrected chi connectivity index (χ0v) is 15.7. The van der Waals surface area contributed by atoms with Gasteiger partial charge in [-0.1, -0.05) is 30.0 Å². The van der Waals surface area contributed by atoms with E-state index in [1.54, 1.807) is 31.2 Å². The van der Waals surface area contributed by atoms with Crippen LogP contribution in [0.2, 0.25) is 0 Å². The Labute approximate surface area is 164 Å². The molecule has 0 atom stereocenters. The molecule has 136 valence electrons. The first-order chi connectivity index (χ1) is 12.9. The van der Waals surface area contributed by atoms with E-state index in [0.717, 1.165) is 22.3 Å². The quantitative estimate of drug-likeness (QED) is 0.366. The number of hydrogen-bond acceptors (Lipinski definition) is 6. The summed E-state index contributed by atoms with van der Waals surface area (Å²) in [4.78, 5) is 35.5. The van der Waals surface area contributed by atoms with Crippen molar-refractivity contribution in [3.63, 3.8) is 0 Å². The van der Waals surface area contributed by atoms with Gasteiger partial charge in [0.25, 0.3) is 17.5 Å². The van der Waals surface area contributed by atoms with E-state index in [4.69, 9.17) is 12.2 Å². The second kappa shape index (κ2) is 7.68. The van der Waals surface area contributed by atoms with Gasteiger partial charge in [0.2, 0.25) is 0 Å². The summed E-state index contributed by atoms with van der Waals surface area (Å²) < 4.78 is 0.204. The molecule has 0 saturated carbocycles. The van der Waals surface area contributed by atoms with Crippen LogP contribution in [-0.4, -0.2) is 26.1 Å². The van der Waals surface area contributed by atoms with Gasteiger partial charge in [-0.2, -0.15) is 5.01 Å². The summed E-state index contributed by atoms with van der Waals surface area (Å²) in [6, 6.07) is 12.8. The van der Waals surface area contributed by atoms with E-state index in [9.17, 15) is 19.7 Å². The molecule has 3 rings (SSSR count). The third kappa shape index (κ3) is 4.04. The highest BCUT2D eigenvalue weighted by molar-refractivity contribution is 8.26. The first kappa shape index (κ1) is 18.7. The number of thioether (sulfide) groups is 1. The molecule has 1 saturated heterocycles. The molecule has 2 amide bonds. The molecule has 27 heavy (non-hydrogen) atoms. The lowest BCUT2D eigenvalue weighted by molar-refractivity contribution is -0.384. The maximum atomic E-state index is 12.6. The van der Waals surface area contributed by atoms with Crippen molar-refractivity contribution in [3.8, 4) is 0 Å². The van der Waals surface area contributed by atoms with Crippen molar-refractivity contribution in [2.24, 2.45) is 0 Å². The molecule has 9 heteroatoms. The second-order valence-electron chi connectivity index (χ2n) is 5.62. The molecule has 1 aliphatic heterocycles. The third-order valence-corrected chi connectivity index (χ3v) is 5.10. The van der Waals surface area contributed by atoms with Crippen molar-refractivity contribution in [3.05, 3.63) is 80.2 Å². The number of nitro benzene ring substituents is 1. The minimum absolute atomic E-state index is 0.0369. The van der Waals surface area contributed by atoms with Crippen LogP contribution in [0.25, 0.3) is 6.08 Å². The predicted octanol–water partition coefficient (Wildman–Crippen LogP) is 3.45. The highest BCUT2D eigenvalue weighted by Crippen LogP contribution is 2.31. The van der Waals surface area contributed by atoms with E-state index in [-0.39, 0.29) is 10.0 Å². The minimum atomic E-state index is -0.496. The van der Waals surface area contributed by atoms with E-state index in [0.29, 0.717) is 16.0 Å². The highest BCUT2D eigenvalue weighted by atomic mass is 32.2. The van der Waals surface area contributed by atoms with Crippen molar-refractivity contribution in [1.82, 2.24) is 10.4 Å². The van der Waals surface area contributed by atoms with Crippen LogP contribution in [-0.2, 0) is 4.79 Å². The Bertz CT molecular complexity index is 986. The Morgan fingerprint density at radius 1 is 1.22 bits per heavy atom. The van der Waals surface area contributed by atoms with E-state index in [1.807, 2.05) is 6.07 Å². The smallest absolute Gasteiger partial charge is 0.267 e. The van der Waals surface area contributed by atoms with Crippen molar-refractivity contribution >= 4 is 51.9 Å². The Balaban J connectivity index is 1.77. The fraction of sp³-hybridized carbons (Fsp3) is 0.0556. The van der Waals surface area contributed by atoms with Crippen LogP contribution in [0, 0.1) is 17.0 Å². The number of thiocarbonyl (C=S) groups is 1. The summed E-state index contributed by atoms with van der Waals surface area (Å²) in [6.07, 6.45) is 1.57. The predicted molar refractivity (Wildman–Crippen MR) is 107 cm³/mol. The number of rotatable bonds is 4. The maximum Gasteiger partial charge on any atom is 0.285 e. The summed E-state index contributed by atoms with van der Waals surface area (Å²) in [5.74, 6) is -0.883. The first-order valence-electron chi connectivity index (χ1n) is 7.76. The Kier molecular flexibility index (Phi) is 5.33. The number of non-ortho nitro benzene ring substituents is 1. The Morgan fingerprint density at radius 3 is 2.52 bits per heavy atom. The number of nitrogens with zero attached hydrogens (tertiary/aromatic N) is 2. The number of nitrogens with one attached hydrogen (secondary N) is 1. The number of hydrazine groups is 1. The molecule has 7 nitrogen and oxygen atoms in total. The van der Waals surface area contributed by atoms with E-state index < -0.39 is 16.7 Å². The van der Waals surface area contributed by atoms with E-state index >= 15 is 0 Å². The molecule has 0 bridgehead atoms. The molecule has 1 heterocycles. The number of nitro groups is 1. The lowest BCUT2D eigenvalue weighted by atomic mass is 10.1. The van der Waals surface area contributed by atoms with Gasteiger partial charge in [0.15, 0.2) is 4.32 Å². The number of hydrogen-bond donors (Lipinski definition) is 1. The normalized spacial score (nSPS) is 15.3. The van der Waals surface area contributed by atoms with Gasteiger partial charge in [-0.05, 0) is 54.5 Å². The zero-order valence-electron chi connectivity index (χ0n) is 14.0. The molecular weight excluding hydrogens is 386 g/mol. The zero-order chi connectivity index (χ0) is 19.6. The number of carbonyl (C=O) groups excluding carboxylic acids is 2. The fourth-order valence-electron chi connectivity index (χ4n) is 2.40. The molecule has 0 aliphatic carbocycles. The molecule has 0 spiro atoms. The molecule has 0 aromatic heterocycles. The van der Waals surface area contributed by atoms with Gasteiger partial charge in [-0.15, -0.1) is 0 Å². The topological polar surface area (TPSA) is 92.6 Å². The molecule has 0 radical (unpaired) electrons. The minimum Gasteiger partial charge on any atom is -0.267 e. The van der Waals surface area contributed by atoms with E-state index in [1.165, 1.54) is 24.3 Å².